The fourth-order valence-electron chi connectivity index (χ4n) is 2.65. The smallest absolute Gasteiger partial charge is 0.408 e. The van der Waals surface area contributed by atoms with Crippen molar-refractivity contribution in [3.8, 4) is 5.75 Å². The van der Waals surface area contributed by atoms with Gasteiger partial charge in [0.15, 0.2) is 0 Å². The van der Waals surface area contributed by atoms with Gasteiger partial charge in [-0.25, -0.2) is 10.2 Å². The lowest BCUT2D eigenvalue weighted by Crippen LogP contribution is -2.49. The van der Waals surface area contributed by atoms with Gasteiger partial charge in [0.2, 0.25) is 0 Å². The number of hydrogen-bond donors (Lipinski definition) is 2. The van der Waals surface area contributed by atoms with E-state index in [1.54, 1.807) is 39.0 Å². The van der Waals surface area contributed by atoms with E-state index in [2.05, 4.69) is 15.8 Å². The lowest BCUT2D eigenvalue weighted by atomic mass is 10.2. The summed E-state index contributed by atoms with van der Waals surface area (Å²) in [6.07, 6.45) is 0.688. The molecule has 0 heterocycles. The Balaban J connectivity index is 2.04. The van der Waals surface area contributed by atoms with Crippen LogP contribution in [0.3, 0.4) is 0 Å². The number of ether oxygens (including phenoxy) is 3. The molecule has 0 aromatic heterocycles. The predicted molar refractivity (Wildman–Crippen MR) is 128 cm³/mol. The minimum atomic E-state index is -1.02. The summed E-state index contributed by atoms with van der Waals surface area (Å²) in [6, 6.07) is 13.6. The summed E-state index contributed by atoms with van der Waals surface area (Å²) in [4.78, 5) is 24.9. The number of halogens is 1. The highest BCUT2D eigenvalue weighted by atomic mass is 35.5. The van der Waals surface area contributed by atoms with Gasteiger partial charge in [-0.15, -0.1) is 0 Å². The van der Waals surface area contributed by atoms with Crippen molar-refractivity contribution in [3.63, 3.8) is 0 Å². The van der Waals surface area contributed by atoms with Gasteiger partial charge in [-0.3, -0.25) is 4.79 Å². The monoisotopic (exact) mass is 475 g/mol. The van der Waals surface area contributed by atoms with E-state index < -0.39 is 23.6 Å². The van der Waals surface area contributed by atoms with Crippen molar-refractivity contribution < 1.29 is 23.8 Å². The molecule has 0 radical (unpaired) electrons. The number of carbonyl (C=O) groups is 2. The number of nitrogens with zero attached hydrogens (tertiary/aromatic N) is 1. The second-order valence-electron chi connectivity index (χ2n) is 8.05. The van der Waals surface area contributed by atoms with E-state index in [4.69, 9.17) is 25.8 Å². The largest absolute Gasteiger partial charge is 0.493 e. The van der Waals surface area contributed by atoms with E-state index >= 15 is 0 Å². The van der Waals surface area contributed by atoms with Crippen molar-refractivity contribution in [2.75, 3.05) is 13.2 Å². The van der Waals surface area contributed by atoms with Gasteiger partial charge in [0, 0.05) is 10.6 Å². The number of benzene rings is 2. The zero-order valence-electron chi connectivity index (χ0n) is 19.3. The highest BCUT2D eigenvalue weighted by molar-refractivity contribution is 6.30. The number of amides is 2. The molecule has 33 heavy (non-hydrogen) atoms. The number of hydrogen-bond acceptors (Lipinski definition) is 6. The number of nitrogens with one attached hydrogen (secondary N) is 2. The van der Waals surface area contributed by atoms with Crippen LogP contribution in [0.4, 0.5) is 4.79 Å². The van der Waals surface area contributed by atoms with Gasteiger partial charge in [-0.1, -0.05) is 41.9 Å². The van der Waals surface area contributed by atoms with Gasteiger partial charge in [0.05, 0.1) is 26.0 Å². The van der Waals surface area contributed by atoms with Crippen molar-refractivity contribution in [2.24, 2.45) is 5.10 Å². The molecule has 0 saturated heterocycles. The quantitative estimate of drug-likeness (QED) is 0.394. The lowest BCUT2D eigenvalue weighted by molar-refractivity contribution is -0.124. The summed E-state index contributed by atoms with van der Waals surface area (Å²) < 4.78 is 16.4. The molecular weight excluding hydrogens is 446 g/mol. The van der Waals surface area contributed by atoms with Crippen LogP contribution in [0.15, 0.2) is 53.6 Å². The van der Waals surface area contributed by atoms with Crippen molar-refractivity contribution >= 4 is 29.8 Å². The van der Waals surface area contributed by atoms with Crippen molar-refractivity contribution in [1.82, 2.24) is 10.7 Å². The average Bonchev–Trinajstić information content (AvgIpc) is 2.74. The van der Waals surface area contributed by atoms with Crippen LogP contribution < -0.4 is 15.5 Å². The zero-order valence-corrected chi connectivity index (χ0v) is 20.0. The molecule has 2 aromatic carbocycles. The predicted octanol–water partition coefficient (Wildman–Crippen LogP) is 4.30. The summed E-state index contributed by atoms with van der Waals surface area (Å²) in [5, 5.41) is 7.02. The molecule has 2 N–H and O–H groups in total. The highest BCUT2D eigenvalue weighted by Gasteiger charge is 2.24. The molecule has 8 nitrogen and oxygen atoms in total. The topological polar surface area (TPSA) is 98.3 Å². The molecule has 0 spiro atoms. The van der Waals surface area contributed by atoms with E-state index in [0.29, 0.717) is 22.9 Å². The van der Waals surface area contributed by atoms with Crippen molar-refractivity contribution in [2.45, 2.75) is 45.9 Å². The molecular formula is C24H30ClN3O5. The highest BCUT2D eigenvalue weighted by Crippen LogP contribution is 2.21. The van der Waals surface area contributed by atoms with Crippen LogP contribution in [-0.2, 0) is 20.9 Å². The maximum absolute atomic E-state index is 12.7. The van der Waals surface area contributed by atoms with Crippen LogP contribution in [0, 0.1) is 0 Å². The third-order valence-corrected chi connectivity index (χ3v) is 4.29. The molecule has 1 atom stereocenters. The van der Waals surface area contributed by atoms with E-state index in [1.807, 2.05) is 37.3 Å². The van der Waals surface area contributed by atoms with E-state index in [-0.39, 0.29) is 13.2 Å². The van der Waals surface area contributed by atoms with Gasteiger partial charge in [-0.05, 0) is 51.5 Å². The van der Waals surface area contributed by atoms with Crippen molar-refractivity contribution in [3.05, 3.63) is 64.7 Å². The Bertz CT molecular complexity index is 945. The second-order valence-corrected chi connectivity index (χ2v) is 8.49. The van der Waals surface area contributed by atoms with Crippen LogP contribution in [-0.4, -0.2) is 43.1 Å². The molecule has 0 aliphatic heterocycles. The Kier molecular flexibility index (Phi) is 10.2. The van der Waals surface area contributed by atoms with E-state index in [0.717, 1.165) is 5.56 Å². The molecule has 0 saturated carbocycles. The SMILES string of the molecule is CCOc1ccc(Cl)cc1/C=N\NC(=O)[C@H](COCc1ccccc1)NC(=O)OC(C)(C)C. The van der Waals surface area contributed by atoms with Crippen LogP contribution in [0.1, 0.15) is 38.8 Å². The third kappa shape index (κ3) is 9.93. The Morgan fingerprint density at radius 3 is 2.55 bits per heavy atom. The summed E-state index contributed by atoms with van der Waals surface area (Å²) in [6.45, 7) is 7.74. The maximum atomic E-state index is 12.7. The van der Waals surface area contributed by atoms with Crippen LogP contribution in [0.5, 0.6) is 5.75 Å². The summed E-state index contributed by atoms with van der Waals surface area (Å²) in [5.41, 5.74) is 3.25. The Labute approximate surface area is 199 Å². The number of rotatable bonds is 10. The molecule has 9 heteroatoms. The molecule has 0 aliphatic rings. The first kappa shape index (κ1) is 26.2. The summed E-state index contributed by atoms with van der Waals surface area (Å²) >= 11 is 6.04. The first-order chi connectivity index (χ1) is 15.7. The third-order valence-electron chi connectivity index (χ3n) is 4.05. The number of hydrazone groups is 1. The Morgan fingerprint density at radius 1 is 1.15 bits per heavy atom. The summed E-state index contributed by atoms with van der Waals surface area (Å²) in [5.74, 6) is 0.0136. The molecule has 0 aliphatic carbocycles. The van der Waals surface area contributed by atoms with E-state index in [9.17, 15) is 9.59 Å². The van der Waals surface area contributed by atoms with Crippen LogP contribution in [0.25, 0.3) is 0 Å². The molecule has 2 aromatic rings. The molecule has 2 rings (SSSR count). The van der Waals surface area contributed by atoms with Gasteiger partial charge in [0.25, 0.3) is 5.91 Å². The second kappa shape index (κ2) is 12.8. The zero-order chi connectivity index (χ0) is 24.3. The minimum Gasteiger partial charge on any atom is -0.493 e. The van der Waals surface area contributed by atoms with Gasteiger partial charge in [-0.2, -0.15) is 5.10 Å². The fraction of sp³-hybridized carbons (Fsp3) is 0.375. The van der Waals surface area contributed by atoms with Gasteiger partial charge in [0.1, 0.15) is 17.4 Å². The number of carbonyl (C=O) groups excluding carboxylic acids is 2. The van der Waals surface area contributed by atoms with Crippen molar-refractivity contribution in [1.29, 1.82) is 0 Å². The van der Waals surface area contributed by atoms with Gasteiger partial charge < -0.3 is 19.5 Å². The molecule has 0 fully saturated rings. The van der Waals surface area contributed by atoms with E-state index in [1.165, 1.54) is 6.21 Å². The Morgan fingerprint density at radius 2 is 1.88 bits per heavy atom. The first-order valence-electron chi connectivity index (χ1n) is 10.5. The first-order valence-corrected chi connectivity index (χ1v) is 10.9. The fourth-order valence-corrected chi connectivity index (χ4v) is 2.83. The minimum absolute atomic E-state index is 0.0726. The summed E-state index contributed by atoms with van der Waals surface area (Å²) in [7, 11) is 0. The molecule has 178 valence electrons. The Hall–Kier alpha value is -3.10. The molecule has 0 bridgehead atoms. The maximum Gasteiger partial charge on any atom is 0.408 e. The number of alkyl carbamates (subject to hydrolysis) is 1. The molecule has 0 unspecified atom stereocenters. The van der Waals surface area contributed by atoms with Gasteiger partial charge >= 0.3 is 6.09 Å². The average molecular weight is 476 g/mol. The van der Waals surface area contributed by atoms with Crippen LogP contribution >= 0.6 is 11.6 Å². The normalized spacial score (nSPS) is 12.3. The standard InChI is InChI=1S/C24H30ClN3O5/c1-5-32-21-12-11-19(25)13-18(21)14-26-28-22(29)20(27-23(30)33-24(2,3)4)16-31-15-17-9-7-6-8-10-17/h6-14,20H,5,15-16H2,1-4H3,(H,27,30)(H,28,29)/b26-14-/t20-/m0/s1. The molecule has 2 amide bonds. The van der Waals surface area contributed by atoms with Crippen LogP contribution in [0.2, 0.25) is 5.02 Å². The lowest BCUT2D eigenvalue weighted by Gasteiger charge is -2.22.